The highest BCUT2D eigenvalue weighted by Gasteiger charge is 2.18. The fraction of sp³-hybridized carbons (Fsp3) is 0.421. The van der Waals surface area contributed by atoms with Gasteiger partial charge in [-0.1, -0.05) is 32.0 Å². The van der Waals surface area contributed by atoms with Crippen LogP contribution in [0.1, 0.15) is 43.0 Å². The van der Waals surface area contributed by atoms with Crippen LogP contribution < -0.4 is 9.80 Å². The summed E-state index contributed by atoms with van der Waals surface area (Å²) >= 11 is 0. The van der Waals surface area contributed by atoms with Crippen molar-refractivity contribution in [2.45, 2.75) is 33.6 Å². The molecule has 0 aliphatic heterocycles. The molecule has 0 aliphatic carbocycles. The molecule has 5 heteroatoms. The maximum atomic E-state index is 12.8. The van der Waals surface area contributed by atoms with Gasteiger partial charge in [0.1, 0.15) is 17.3 Å². The van der Waals surface area contributed by atoms with Gasteiger partial charge in [-0.15, -0.1) is 0 Å². The quantitative estimate of drug-likeness (QED) is 0.778. The first kappa shape index (κ1) is 17.9. The number of aryl methyl sites for hydroxylation is 1. The van der Waals surface area contributed by atoms with Gasteiger partial charge >= 0.3 is 0 Å². The number of hydrogen-bond donors (Lipinski definition) is 0. The van der Waals surface area contributed by atoms with Crippen molar-refractivity contribution in [3.63, 3.8) is 0 Å². The van der Waals surface area contributed by atoms with E-state index >= 15 is 0 Å². The van der Waals surface area contributed by atoms with Crippen molar-refractivity contribution in [2.75, 3.05) is 29.9 Å². The van der Waals surface area contributed by atoms with Crippen LogP contribution in [0.5, 0.6) is 0 Å². The lowest BCUT2D eigenvalue weighted by atomic mass is 10.2. The highest BCUT2D eigenvalue weighted by atomic mass is 16.2. The molecule has 2 rings (SSSR count). The molecular weight excluding hydrogens is 300 g/mol. The summed E-state index contributed by atoms with van der Waals surface area (Å²) in [5.74, 6) is 1.33. The summed E-state index contributed by atoms with van der Waals surface area (Å²) in [6.07, 6.45) is 2.08. The van der Waals surface area contributed by atoms with Gasteiger partial charge in [-0.2, -0.15) is 0 Å². The van der Waals surface area contributed by atoms with Crippen LogP contribution in [0.2, 0.25) is 0 Å². The van der Waals surface area contributed by atoms with Gasteiger partial charge in [-0.3, -0.25) is 4.79 Å². The molecule has 1 amide bonds. The number of benzene rings is 1. The molecule has 0 spiro atoms. The van der Waals surface area contributed by atoms with Crippen molar-refractivity contribution in [2.24, 2.45) is 0 Å². The van der Waals surface area contributed by atoms with Crippen molar-refractivity contribution in [1.82, 2.24) is 9.97 Å². The summed E-state index contributed by atoms with van der Waals surface area (Å²) in [7, 11) is 1.77. The number of anilines is 2. The van der Waals surface area contributed by atoms with Gasteiger partial charge in [0, 0.05) is 31.9 Å². The first-order valence-corrected chi connectivity index (χ1v) is 8.50. The molecule has 0 unspecified atom stereocenters. The largest absolute Gasteiger partial charge is 0.357 e. The van der Waals surface area contributed by atoms with E-state index < -0.39 is 0 Å². The SMILES string of the molecule is CCCN(CCC)c1cc(C(=O)N(C)c2ccccc2)nc(C)n1. The first-order valence-electron chi connectivity index (χ1n) is 8.50. The topological polar surface area (TPSA) is 49.3 Å². The minimum atomic E-state index is -0.124. The number of nitrogens with zero attached hydrogens (tertiary/aromatic N) is 4. The summed E-state index contributed by atoms with van der Waals surface area (Å²) in [6, 6.07) is 11.4. The Morgan fingerprint density at radius 1 is 1.04 bits per heavy atom. The molecule has 0 N–H and O–H groups in total. The molecule has 0 saturated carbocycles. The molecule has 0 fully saturated rings. The van der Waals surface area contributed by atoms with Crippen molar-refractivity contribution in [3.8, 4) is 0 Å². The van der Waals surface area contributed by atoms with Crippen LogP contribution in [0.15, 0.2) is 36.4 Å². The van der Waals surface area contributed by atoms with Gasteiger partial charge in [0.05, 0.1) is 0 Å². The lowest BCUT2D eigenvalue weighted by Crippen LogP contribution is -2.30. The van der Waals surface area contributed by atoms with Crippen LogP contribution in [0, 0.1) is 6.92 Å². The van der Waals surface area contributed by atoms with Crippen molar-refractivity contribution in [3.05, 3.63) is 47.9 Å². The number of amides is 1. The molecular formula is C19H26N4O. The summed E-state index contributed by atoms with van der Waals surface area (Å²) in [4.78, 5) is 25.5. The molecule has 2 aromatic rings. The normalized spacial score (nSPS) is 10.5. The van der Waals surface area contributed by atoms with E-state index in [1.807, 2.05) is 37.3 Å². The third-order valence-electron chi connectivity index (χ3n) is 3.80. The fourth-order valence-corrected chi connectivity index (χ4v) is 2.64. The third-order valence-corrected chi connectivity index (χ3v) is 3.80. The molecule has 0 radical (unpaired) electrons. The second-order valence-electron chi connectivity index (χ2n) is 5.85. The van der Waals surface area contributed by atoms with Crippen molar-refractivity contribution < 1.29 is 4.79 Å². The summed E-state index contributed by atoms with van der Waals surface area (Å²) in [5, 5.41) is 0. The monoisotopic (exact) mass is 326 g/mol. The Morgan fingerprint density at radius 2 is 1.67 bits per heavy atom. The highest BCUT2D eigenvalue weighted by molar-refractivity contribution is 6.04. The minimum absolute atomic E-state index is 0.124. The number of carbonyl (C=O) groups is 1. The molecule has 24 heavy (non-hydrogen) atoms. The van der Waals surface area contributed by atoms with Crippen LogP contribution in [0.3, 0.4) is 0 Å². The Bertz CT molecular complexity index is 666. The second-order valence-corrected chi connectivity index (χ2v) is 5.85. The van der Waals surface area contributed by atoms with Gasteiger partial charge in [-0.05, 0) is 31.9 Å². The summed E-state index contributed by atoms with van der Waals surface area (Å²) in [5.41, 5.74) is 1.28. The Labute approximate surface area is 144 Å². The number of hydrogen-bond acceptors (Lipinski definition) is 4. The van der Waals surface area contributed by atoms with E-state index in [9.17, 15) is 4.79 Å². The molecule has 0 bridgehead atoms. The summed E-state index contributed by atoms with van der Waals surface area (Å²) in [6.45, 7) is 7.97. The van der Waals surface area contributed by atoms with Gasteiger partial charge in [0.15, 0.2) is 0 Å². The molecule has 1 aromatic heterocycles. The Kier molecular flexibility index (Phi) is 6.29. The van der Waals surface area contributed by atoms with E-state index in [0.29, 0.717) is 11.5 Å². The van der Waals surface area contributed by atoms with Gasteiger partial charge < -0.3 is 9.80 Å². The lowest BCUT2D eigenvalue weighted by molar-refractivity contribution is 0.0988. The standard InChI is InChI=1S/C19H26N4O/c1-5-12-23(13-6-2)18-14-17(20-15(3)21-18)19(24)22(4)16-10-8-7-9-11-16/h7-11,14H,5-6,12-13H2,1-4H3. The maximum absolute atomic E-state index is 12.8. The number of aromatic nitrogens is 2. The van der Waals surface area contributed by atoms with Crippen molar-refractivity contribution in [1.29, 1.82) is 0 Å². The van der Waals surface area contributed by atoms with Crippen LogP contribution in [-0.2, 0) is 0 Å². The maximum Gasteiger partial charge on any atom is 0.276 e. The second kappa shape index (κ2) is 8.43. The minimum Gasteiger partial charge on any atom is -0.357 e. The predicted octanol–water partition coefficient (Wildman–Crippen LogP) is 3.69. The van der Waals surface area contributed by atoms with Crippen LogP contribution in [0.25, 0.3) is 0 Å². The van der Waals surface area contributed by atoms with Gasteiger partial charge in [0.25, 0.3) is 5.91 Å². The zero-order valence-electron chi connectivity index (χ0n) is 15.0. The number of para-hydroxylation sites is 1. The number of rotatable bonds is 7. The Hall–Kier alpha value is -2.43. The molecule has 128 valence electrons. The molecule has 5 nitrogen and oxygen atoms in total. The molecule has 0 saturated heterocycles. The smallest absolute Gasteiger partial charge is 0.276 e. The van der Waals surface area contributed by atoms with E-state index in [0.717, 1.165) is 37.4 Å². The zero-order valence-corrected chi connectivity index (χ0v) is 15.0. The average Bonchev–Trinajstić information content (AvgIpc) is 2.60. The Balaban J connectivity index is 2.31. The van der Waals surface area contributed by atoms with E-state index in [1.54, 1.807) is 18.0 Å². The summed E-state index contributed by atoms with van der Waals surface area (Å²) < 4.78 is 0. The first-order chi connectivity index (χ1) is 11.6. The van der Waals surface area contributed by atoms with E-state index in [2.05, 4.69) is 28.7 Å². The number of carbonyl (C=O) groups excluding carboxylic acids is 1. The highest BCUT2D eigenvalue weighted by Crippen LogP contribution is 2.18. The fourth-order valence-electron chi connectivity index (χ4n) is 2.64. The van der Waals surface area contributed by atoms with Crippen LogP contribution >= 0.6 is 0 Å². The Morgan fingerprint density at radius 3 is 2.25 bits per heavy atom. The lowest BCUT2D eigenvalue weighted by Gasteiger charge is -2.24. The third kappa shape index (κ3) is 4.31. The van der Waals surface area contributed by atoms with Gasteiger partial charge in [-0.25, -0.2) is 9.97 Å². The molecule has 1 heterocycles. The molecule has 0 atom stereocenters. The van der Waals surface area contributed by atoms with Crippen molar-refractivity contribution >= 4 is 17.4 Å². The van der Waals surface area contributed by atoms with Crippen LogP contribution in [0.4, 0.5) is 11.5 Å². The van der Waals surface area contributed by atoms with E-state index in [1.165, 1.54) is 0 Å². The molecule has 1 aromatic carbocycles. The molecule has 0 aliphatic rings. The predicted molar refractivity (Wildman–Crippen MR) is 98.7 cm³/mol. The van der Waals surface area contributed by atoms with Crippen LogP contribution in [-0.4, -0.2) is 36.0 Å². The van der Waals surface area contributed by atoms with E-state index in [-0.39, 0.29) is 5.91 Å². The van der Waals surface area contributed by atoms with E-state index in [4.69, 9.17) is 0 Å². The average molecular weight is 326 g/mol. The zero-order chi connectivity index (χ0) is 17.5. The van der Waals surface area contributed by atoms with Gasteiger partial charge in [0.2, 0.25) is 0 Å².